The van der Waals surface area contributed by atoms with Gasteiger partial charge >= 0.3 is 0 Å². The van der Waals surface area contributed by atoms with Crippen LogP contribution in [0.3, 0.4) is 0 Å². The van der Waals surface area contributed by atoms with E-state index in [4.69, 9.17) is 0 Å². The van der Waals surface area contributed by atoms with Crippen molar-refractivity contribution < 1.29 is 13.2 Å². The molecule has 0 bridgehead atoms. The van der Waals surface area contributed by atoms with E-state index in [1.165, 1.54) is 0 Å². The molecule has 3 fully saturated rings. The first-order valence-corrected chi connectivity index (χ1v) is 12.7. The molecule has 0 unspecified atom stereocenters. The van der Waals surface area contributed by atoms with Gasteiger partial charge in [0.2, 0.25) is 15.9 Å². The van der Waals surface area contributed by atoms with Gasteiger partial charge in [0, 0.05) is 37.4 Å². The number of hydrogen-bond donors (Lipinski definition) is 1. The predicted octanol–water partition coefficient (Wildman–Crippen LogP) is 2.76. The van der Waals surface area contributed by atoms with Crippen LogP contribution >= 0.6 is 0 Å². The molecule has 2 saturated carbocycles. The summed E-state index contributed by atoms with van der Waals surface area (Å²) in [6.45, 7) is 4.31. The number of rotatable bonds is 7. The summed E-state index contributed by atoms with van der Waals surface area (Å²) in [7, 11) is -3.23. The number of carbonyl (C=O) groups is 1. The number of likely N-dealkylation sites (N-methyl/N-ethyl adjacent to an activating group) is 1. The summed E-state index contributed by atoms with van der Waals surface area (Å²) < 4.78 is 27.3. The van der Waals surface area contributed by atoms with E-state index in [1.54, 1.807) is 4.31 Å². The van der Waals surface area contributed by atoms with Gasteiger partial charge in [-0.1, -0.05) is 31.0 Å². The van der Waals surface area contributed by atoms with E-state index in [9.17, 15) is 13.2 Å². The second-order valence-corrected chi connectivity index (χ2v) is 10.7. The van der Waals surface area contributed by atoms with Crippen molar-refractivity contribution in [2.45, 2.75) is 64.0 Å². The summed E-state index contributed by atoms with van der Waals surface area (Å²) in [5.74, 6) is 0.172. The molecule has 1 aliphatic heterocycles. The molecule has 1 N–H and O–H groups in total. The molecule has 1 aromatic rings. The van der Waals surface area contributed by atoms with Crippen molar-refractivity contribution in [3.63, 3.8) is 0 Å². The average Bonchev–Trinajstić information content (AvgIpc) is 3.56. The van der Waals surface area contributed by atoms with Gasteiger partial charge < -0.3 is 10.2 Å². The van der Waals surface area contributed by atoms with Crippen molar-refractivity contribution in [3.05, 3.63) is 30.3 Å². The number of nitrogens with one attached hydrogen (secondary N) is 1. The Hall–Kier alpha value is -1.60. The van der Waals surface area contributed by atoms with Crippen molar-refractivity contribution in [1.29, 1.82) is 0 Å². The normalized spacial score (nSPS) is 29.1. The van der Waals surface area contributed by atoms with Crippen molar-refractivity contribution in [2.75, 3.05) is 30.3 Å². The average molecular weight is 420 g/mol. The Bertz CT molecular complexity index is 825. The minimum absolute atomic E-state index is 0.0619. The number of benzene rings is 1. The summed E-state index contributed by atoms with van der Waals surface area (Å²) in [6.07, 6.45) is 5.98. The summed E-state index contributed by atoms with van der Waals surface area (Å²) in [6, 6.07) is 10.2. The number of hydrogen-bond acceptors (Lipinski definition) is 4. The first kappa shape index (κ1) is 20.7. The summed E-state index contributed by atoms with van der Waals surface area (Å²) in [4.78, 5) is 15.7. The number of carbonyl (C=O) groups excluding carboxylic acids is 1. The minimum Gasteiger partial charge on any atom is -0.370 e. The van der Waals surface area contributed by atoms with Crippen molar-refractivity contribution in [3.8, 4) is 0 Å². The van der Waals surface area contributed by atoms with E-state index in [2.05, 4.69) is 29.3 Å². The number of nitrogens with zero attached hydrogens (tertiary/aromatic N) is 2. The van der Waals surface area contributed by atoms with Crippen LogP contribution in [0, 0.1) is 5.41 Å². The van der Waals surface area contributed by atoms with Crippen LogP contribution in [0.5, 0.6) is 0 Å². The SMILES string of the molecule is CCN(CCNC(=O)[C@@]12CCCC[C@H]1N(C1CC1)S(=O)(=O)CC2)c1ccccc1. The maximum Gasteiger partial charge on any atom is 0.227 e. The highest BCUT2D eigenvalue weighted by Crippen LogP contribution is 2.50. The van der Waals surface area contributed by atoms with Crippen LogP contribution in [0.15, 0.2) is 30.3 Å². The van der Waals surface area contributed by atoms with E-state index in [0.29, 0.717) is 13.0 Å². The second-order valence-electron chi connectivity index (χ2n) is 8.72. The van der Waals surface area contributed by atoms with Gasteiger partial charge in [-0.15, -0.1) is 0 Å². The lowest BCUT2D eigenvalue weighted by Crippen LogP contribution is -2.63. The molecule has 29 heavy (non-hydrogen) atoms. The Kier molecular flexibility index (Phi) is 5.89. The fourth-order valence-corrected chi connectivity index (χ4v) is 7.46. The molecule has 1 aromatic carbocycles. The van der Waals surface area contributed by atoms with E-state index >= 15 is 0 Å². The fourth-order valence-electron chi connectivity index (χ4n) is 5.27. The number of anilines is 1. The molecule has 7 heteroatoms. The Balaban J connectivity index is 1.45. The number of sulfonamides is 1. The van der Waals surface area contributed by atoms with Gasteiger partial charge in [0.15, 0.2) is 0 Å². The van der Waals surface area contributed by atoms with E-state index in [1.807, 2.05) is 18.2 Å². The molecular formula is C22H33N3O3S. The highest BCUT2D eigenvalue weighted by atomic mass is 32.2. The molecule has 4 rings (SSSR count). The molecule has 0 radical (unpaired) electrons. The van der Waals surface area contributed by atoms with Gasteiger partial charge in [-0.05, 0) is 51.2 Å². The second kappa shape index (κ2) is 8.26. The maximum atomic E-state index is 13.4. The van der Waals surface area contributed by atoms with Gasteiger partial charge in [0.1, 0.15) is 0 Å². The zero-order valence-electron chi connectivity index (χ0n) is 17.3. The van der Waals surface area contributed by atoms with Gasteiger partial charge in [-0.25, -0.2) is 8.42 Å². The fraction of sp³-hybridized carbons (Fsp3) is 0.682. The Morgan fingerprint density at radius 3 is 2.62 bits per heavy atom. The standard InChI is InChI=1S/C22H33N3O3S/c1-2-24(18-8-4-3-5-9-18)16-15-23-21(26)22-13-7-6-10-20(22)25(19-11-12-19)29(27,28)17-14-22/h3-5,8-9,19-20H,2,6-7,10-17H2,1H3,(H,23,26)/t20-,22-/m1/s1. The van der Waals surface area contributed by atoms with Crippen LogP contribution in [0.2, 0.25) is 0 Å². The molecule has 0 aromatic heterocycles. The zero-order chi connectivity index (χ0) is 20.5. The Morgan fingerprint density at radius 2 is 1.93 bits per heavy atom. The monoisotopic (exact) mass is 419 g/mol. The Labute approximate surface area is 174 Å². The van der Waals surface area contributed by atoms with E-state index < -0.39 is 15.4 Å². The lowest BCUT2D eigenvalue weighted by atomic mass is 9.67. The third-order valence-electron chi connectivity index (χ3n) is 6.95. The topological polar surface area (TPSA) is 69.7 Å². The van der Waals surface area contributed by atoms with Gasteiger partial charge in [-0.2, -0.15) is 4.31 Å². The van der Waals surface area contributed by atoms with Gasteiger partial charge in [0.25, 0.3) is 0 Å². The molecule has 2 aliphatic carbocycles. The molecule has 6 nitrogen and oxygen atoms in total. The predicted molar refractivity (Wildman–Crippen MR) is 115 cm³/mol. The first-order chi connectivity index (χ1) is 14.0. The van der Waals surface area contributed by atoms with Crippen LogP contribution < -0.4 is 10.2 Å². The van der Waals surface area contributed by atoms with E-state index in [-0.39, 0.29) is 23.7 Å². The van der Waals surface area contributed by atoms with Crippen molar-refractivity contribution in [1.82, 2.24) is 9.62 Å². The third-order valence-corrected chi connectivity index (χ3v) is 8.87. The molecular weight excluding hydrogens is 386 g/mol. The number of amides is 1. The van der Waals surface area contributed by atoms with Gasteiger partial charge in [0.05, 0.1) is 11.2 Å². The zero-order valence-corrected chi connectivity index (χ0v) is 18.2. The van der Waals surface area contributed by atoms with Crippen LogP contribution in [0.1, 0.15) is 51.9 Å². The van der Waals surface area contributed by atoms with Crippen LogP contribution in [-0.4, -0.2) is 56.1 Å². The molecule has 1 amide bonds. The van der Waals surface area contributed by atoms with Crippen molar-refractivity contribution >= 4 is 21.6 Å². The lowest BCUT2D eigenvalue weighted by molar-refractivity contribution is -0.137. The molecule has 160 valence electrons. The highest BCUT2D eigenvalue weighted by molar-refractivity contribution is 7.89. The molecule has 0 spiro atoms. The summed E-state index contributed by atoms with van der Waals surface area (Å²) >= 11 is 0. The first-order valence-electron chi connectivity index (χ1n) is 11.1. The molecule has 2 atom stereocenters. The molecule has 1 heterocycles. The number of para-hydroxylation sites is 1. The molecule has 3 aliphatic rings. The van der Waals surface area contributed by atoms with Crippen molar-refractivity contribution in [2.24, 2.45) is 5.41 Å². The summed E-state index contributed by atoms with van der Waals surface area (Å²) in [5, 5.41) is 3.18. The Morgan fingerprint density at radius 1 is 1.17 bits per heavy atom. The largest absolute Gasteiger partial charge is 0.370 e. The molecule has 1 saturated heterocycles. The quantitative estimate of drug-likeness (QED) is 0.738. The van der Waals surface area contributed by atoms with Gasteiger partial charge in [-0.3, -0.25) is 4.79 Å². The van der Waals surface area contributed by atoms with Crippen LogP contribution in [-0.2, 0) is 14.8 Å². The van der Waals surface area contributed by atoms with E-state index in [0.717, 1.165) is 57.3 Å². The smallest absolute Gasteiger partial charge is 0.227 e. The minimum atomic E-state index is -3.23. The maximum absolute atomic E-state index is 13.4. The van der Waals surface area contributed by atoms with Crippen LogP contribution in [0.25, 0.3) is 0 Å². The lowest BCUT2D eigenvalue weighted by Gasteiger charge is -2.51. The number of fused-ring (bicyclic) bond motifs is 1. The van der Waals surface area contributed by atoms with Crippen LogP contribution in [0.4, 0.5) is 5.69 Å². The highest BCUT2D eigenvalue weighted by Gasteiger charge is 2.58. The third kappa shape index (κ3) is 4.04. The summed E-state index contributed by atoms with van der Waals surface area (Å²) in [5.41, 5.74) is 0.609.